The predicted octanol–water partition coefficient (Wildman–Crippen LogP) is 4.35. The smallest absolute Gasteiger partial charge is 0.354 e. The van der Waals surface area contributed by atoms with Crippen LogP contribution < -0.4 is 11.5 Å². The van der Waals surface area contributed by atoms with Gasteiger partial charge < -0.3 is 21.7 Å². The number of halogens is 4. The average molecular weight is 486 g/mol. The number of hydrogen-bond acceptors (Lipinski definition) is 5. The number of aromatic carboxylic acids is 2. The Morgan fingerprint density at radius 2 is 1.28 bits per heavy atom. The maximum Gasteiger partial charge on any atom is 0.354 e. The quantitative estimate of drug-likeness (QED) is 0.430. The third-order valence-electron chi connectivity index (χ3n) is 3.67. The zero-order valence-corrected chi connectivity index (χ0v) is 17.9. The topological polar surface area (TPSA) is 140 Å². The fraction of sp³-hybridized carbons (Fsp3) is 0.0952. The van der Waals surface area contributed by atoms with Crippen molar-refractivity contribution in [3.8, 4) is 0 Å². The third-order valence-corrected chi connectivity index (χ3v) is 4.24. The molecule has 0 radical (unpaired) electrons. The number of rotatable bonds is 4. The molecule has 3 rings (SSSR count). The predicted molar refractivity (Wildman–Crippen MR) is 117 cm³/mol. The lowest BCUT2D eigenvalue weighted by atomic mass is 10.2. The molecule has 11 heteroatoms. The van der Waals surface area contributed by atoms with Crippen molar-refractivity contribution in [3.63, 3.8) is 0 Å². The van der Waals surface area contributed by atoms with E-state index in [1.165, 1.54) is 30.3 Å². The summed E-state index contributed by atoms with van der Waals surface area (Å²) in [4.78, 5) is 24.1. The van der Waals surface area contributed by atoms with Crippen molar-refractivity contribution in [3.05, 3.63) is 98.8 Å². The SMILES string of the molecule is NCc1ccc(F)c(Cl)c1.NCc1ccc(F)c(Cl)c1.O=C(O)c1ccnc(C(=O)O)c1. The summed E-state index contributed by atoms with van der Waals surface area (Å²) in [5.74, 6) is -3.21. The Bertz CT molecular complexity index is 1000. The molecular formula is C21H19Cl2F2N3O4. The summed E-state index contributed by atoms with van der Waals surface area (Å²) < 4.78 is 24.9. The van der Waals surface area contributed by atoms with Crippen molar-refractivity contribution in [2.45, 2.75) is 13.1 Å². The third kappa shape index (κ3) is 8.94. The molecule has 0 aliphatic rings. The number of aromatic nitrogens is 1. The molecule has 32 heavy (non-hydrogen) atoms. The Kier molecular flexibility index (Phi) is 11.2. The summed E-state index contributed by atoms with van der Waals surface area (Å²) in [5, 5.41) is 17.2. The van der Waals surface area contributed by atoms with Crippen LogP contribution in [0.4, 0.5) is 8.78 Å². The molecule has 170 valence electrons. The van der Waals surface area contributed by atoms with E-state index in [-0.39, 0.29) is 21.3 Å². The highest BCUT2D eigenvalue weighted by atomic mass is 35.5. The molecule has 2 aromatic carbocycles. The van der Waals surface area contributed by atoms with Gasteiger partial charge in [0.25, 0.3) is 0 Å². The molecule has 6 N–H and O–H groups in total. The van der Waals surface area contributed by atoms with Crippen LogP contribution in [0, 0.1) is 11.6 Å². The zero-order valence-electron chi connectivity index (χ0n) is 16.4. The molecule has 7 nitrogen and oxygen atoms in total. The minimum atomic E-state index is -1.24. The van der Waals surface area contributed by atoms with Crippen molar-refractivity contribution < 1.29 is 28.6 Å². The van der Waals surface area contributed by atoms with E-state index < -0.39 is 23.6 Å². The summed E-state index contributed by atoms with van der Waals surface area (Å²) in [6.07, 6.45) is 1.15. The molecule has 1 aromatic heterocycles. The number of carbonyl (C=O) groups is 2. The van der Waals surface area contributed by atoms with E-state index in [9.17, 15) is 18.4 Å². The lowest BCUT2D eigenvalue weighted by Gasteiger charge is -1.96. The van der Waals surface area contributed by atoms with Crippen molar-refractivity contribution in [1.29, 1.82) is 0 Å². The second-order valence-corrected chi connectivity index (χ2v) is 6.76. The normalized spacial score (nSPS) is 9.69. The first-order chi connectivity index (χ1) is 15.1. The molecule has 1 heterocycles. The van der Waals surface area contributed by atoms with Gasteiger partial charge in [0.05, 0.1) is 15.6 Å². The van der Waals surface area contributed by atoms with Crippen LogP contribution in [0.5, 0.6) is 0 Å². The molecule has 0 fully saturated rings. The second-order valence-electron chi connectivity index (χ2n) is 5.95. The number of benzene rings is 2. The monoisotopic (exact) mass is 485 g/mol. The number of nitrogens with two attached hydrogens (primary N) is 2. The highest BCUT2D eigenvalue weighted by Gasteiger charge is 2.08. The van der Waals surface area contributed by atoms with Gasteiger partial charge in [0.15, 0.2) is 0 Å². The molecule has 3 aromatic rings. The van der Waals surface area contributed by atoms with Crippen LogP contribution in [-0.2, 0) is 13.1 Å². The Morgan fingerprint density at radius 1 is 0.812 bits per heavy atom. The highest BCUT2D eigenvalue weighted by Crippen LogP contribution is 2.16. The molecule has 0 unspecified atom stereocenters. The number of carboxylic acid groups (broad SMARTS) is 2. The van der Waals surface area contributed by atoms with Crippen LogP contribution in [-0.4, -0.2) is 27.1 Å². The maximum atomic E-state index is 12.5. The van der Waals surface area contributed by atoms with Crippen LogP contribution in [0.1, 0.15) is 32.0 Å². The van der Waals surface area contributed by atoms with E-state index in [4.69, 9.17) is 44.9 Å². The Balaban J connectivity index is 0.000000241. The molecule has 0 spiro atoms. The Labute approximate surface area is 192 Å². The molecule has 0 bridgehead atoms. The summed E-state index contributed by atoms with van der Waals surface area (Å²) in [6.45, 7) is 0.778. The van der Waals surface area contributed by atoms with E-state index in [0.29, 0.717) is 13.1 Å². The Morgan fingerprint density at radius 3 is 1.62 bits per heavy atom. The second kappa shape index (κ2) is 13.3. The van der Waals surface area contributed by atoms with Crippen molar-refractivity contribution in [2.24, 2.45) is 11.5 Å². The average Bonchev–Trinajstić information content (AvgIpc) is 2.78. The largest absolute Gasteiger partial charge is 0.478 e. The van der Waals surface area contributed by atoms with Gasteiger partial charge in [0.2, 0.25) is 0 Å². The van der Waals surface area contributed by atoms with Gasteiger partial charge in [0.1, 0.15) is 17.3 Å². The summed E-state index contributed by atoms with van der Waals surface area (Å²) in [7, 11) is 0. The van der Waals surface area contributed by atoms with Gasteiger partial charge >= 0.3 is 11.9 Å². The van der Waals surface area contributed by atoms with Crippen molar-refractivity contribution >= 4 is 35.1 Å². The highest BCUT2D eigenvalue weighted by molar-refractivity contribution is 6.31. The van der Waals surface area contributed by atoms with E-state index >= 15 is 0 Å². The molecule has 0 atom stereocenters. The standard InChI is InChI=1S/2C7H7ClFN.C7H5NO4/c2*8-6-3-5(4-10)1-2-7(6)9;9-6(10)4-1-2-8-5(3-4)7(11)12/h2*1-3H,4,10H2;1-3H,(H,9,10)(H,11,12). The van der Waals surface area contributed by atoms with Gasteiger partial charge in [-0.2, -0.15) is 0 Å². The van der Waals surface area contributed by atoms with Crippen LogP contribution in [0.2, 0.25) is 10.0 Å². The fourth-order valence-corrected chi connectivity index (χ4v) is 2.42. The molecular weight excluding hydrogens is 467 g/mol. The molecule has 0 amide bonds. The van der Waals surface area contributed by atoms with Crippen LogP contribution in [0.3, 0.4) is 0 Å². The van der Waals surface area contributed by atoms with Crippen LogP contribution >= 0.6 is 23.2 Å². The van der Waals surface area contributed by atoms with E-state index in [2.05, 4.69) is 4.98 Å². The van der Waals surface area contributed by atoms with Crippen molar-refractivity contribution in [1.82, 2.24) is 4.98 Å². The number of carboxylic acids is 2. The minimum absolute atomic E-state index is 0.0811. The molecule has 0 aliphatic carbocycles. The lowest BCUT2D eigenvalue weighted by molar-refractivity contribution is 0.0690. The first-order valence-electron chi connectivity index (χ1n) is 8.79. The summed E-state index contributed by atoms with van der Waals surface area (Å²) >= 11 is 10.9. The summed E-state index contributed by atoms with van der Waals surface area (Å²) in [6, 6.07) is 11.1. The van der Waals surface area contributed by atoms with E-state index in [1.807, 2.05) is 0 Å². The first kappa shape index (κ1) is 26.9. The summed E-state index contributed by atoms with van der Waals surface area (Å²) in [5.41, 5.74) is 11.9. The van der Waals surface area contributed by atoms with Crippen molar-refractivity contribution in [2.75, 3.05) is 0 Å². The Hall–Kier alpha value is -3.11. The van der Waals surface area contributed by atoms with Crippen LogP contribution in [0.15, 0.2) is 54.7 Å². The zero-order chi connectivity index (χ0) is 24.3. The lowest BCUT2D eigenvalue weighted by Crippen LogP contribution is -2.03. The number of pyridine rings is 1. The fourth-order valence-electron chi connectivity index (χ4n) is 2.01. The van der Waals surface area contributed by atoms with Crippen LogP contribution in [0.25, 0.3) is 0 Å². The van der Waals surface area contributed by atoms with Gasteiger partial charge in [-0.25, -0.2) is 23.4 Å². The van der Waals surface area contributed by atoms with Gasteiger partial charge in [-0.1, -0.05) is 35.3 Å². The molecule has 0 aliphatic heterocycles. The maximum absolute atomic E-state index is 12.5. The minimum Gasteiger partial charge on any atom is -0.478 e. The number of nitrogens with zero attached hydrogens (tertiary/aromatic N) is 1. The number of hydrogen-bond donors (Lipinski definition) is 4. The van der Waals surface area contributed by atoms with Gasteiger partial charge in [0, 0.05) is 19.3 Å². The van der Waals surface area contributed by atoms with E-state index in [0.717, 1.165) is 23.4 Å². The first-order valence-corrected chi connectivity index (χ1v) is 9.55. The van der Waals surface area contributed by atoms with E-state index in [1.54, 1.807) is 12.1 Å². The van der Waals surface area contributed by atoms with Gasteiger partial charge in [-0.15, -0.1) is 0 Å². The van der Waals surface area contributed by atoms with Gasteiger partial charge in [-0.3, -0.25) is 0 Å². The molecule has 0 saturated heterocycles. The van der Waals surface area contributed by atoms with Gasteiger partial charge in [-0.05, 0) is 47.5 Å². The molecule has 0 saturated carbocycles.